The number of aliphatic hydroxyl groups is 1. The lowest BCUT2D eigenvalue weighted by molar-refractivity contribution is -0.0315. The van der Waals surface area contributed by atoms with Crippen LogP contribution in [0.15, 0.2) is 0 Å². The van der Waals surface area contributed by atoms with Crippen molar-refractivity contribution >= 4 is 0 Å². The number of hydrogen-bond acceptors (Lipinski definition) is 3. The van der Waals surface area contributed by atoms with E-state index >= 15 is 0 Å². The number of ether oxygens (including phenoxy) is 2. The van der Waals surface area contributed by atoms with Crippen molar-refractivity contribution in [3.05, 3.63) is 0 Å². The van der Waals surface area contributed by atoms with Gasteiger partial charge in [0, 0.05) is 20.3 Å². The first-order valence-corrected chi connectivity index (χ1v) is 5.85. The van der Waals surface area contributed by atoms with E-state index in [2.05, 4.69) is 0 Å². The van der Waals surface area contributed by atoms with E-state index in [-0.39, 0.29) is 6.42 Å². The predicted molar refractivity (Wildman–Crippen MR) is 61.8 cm³/mol. The van der Waals surface area contributed by atoms with Gasteiger partial charge in [0.05, 0.1) is 2.74 Å². The van der Waals surface area contributed by atoms with Crippen molar-refractivity contribution in [2.24, 2.45) is 0 Å². The molecule has 0 bridgehead atoms. The molecule has 3 nitrogen and oxygen atoms in total. The van der Waals surface area contributed by atoms with Crippen LogP contribution in [0.2, 0.25) is 0 Å². The first-order valence-electron chi connectivity index (χ1n) is 6.85. The highest BCUT2D eigenvalue weighted by atomic mass is 16.7. The summed E-state index contributed by atoms with van der Waals surface area (Å²) < 4.78 is 23.9. The molecule has 0 amide bonds. The Morgan fingerprint density at radius 3 is 2.00 bits per heavy atom. The molecule has 0 unspecified atom stereocenters. The van der Waals surface area contributed by atoms with Crippen LogP contribution >= 0.6 is 0 Å². The van der Waals surface area contributed by atoms with Gasteiger partial charge in [0.25, 0.3) is 0 Å². The van der Waals surface area contributed by atoms with E-state index < -0.39 is 6.56 Å². The SMILES string of the molecule is [2H]C([2H])(O)CCCCCCCCCOCOC. The molecule has 0 aliphatic heterocycles. The molecule has 0 aromatic carbocycles. The van der Waals surface area contributed by atoms with Gasteiger partial charge in [-0.2, -0.15) is 0 Å². The Bertz CT molecular complexity index is 160. The first-order chi connectivity index (χ1) is 8.06. The quantitative estimate of drug-likeness (QED) is 0.406. The molecule has 0 aliphatic carbocycles. The molecule has 0 aliphatic rings. The second-order valence-corrected chi connectivity index (χ2v) is 3.70. The third-order valence-electron chi connectivity index (χ3n) is 2.28. The number of methoxy groups -OCH3 is 1. The molecule has 0 saturated heterocycles. The lowest BCUT2D eigenvalue weighted by atomic mass is 10.1. The van der Waals surface area contributed by atoms with Gasteiger partial charge in [-0.3, -0.25) is 0 Å². The molecule has 0 spiro atoms. The van der Waals surface area contributed by atoms with Crippen LogP contribution in [0, 0.1) is 0 Å². The second-order valence-electron chi connectivity index (χ2n) is 3.70. The minimum absolute atomic E-state index is 0.248. The van der Waals surface area contributed by atoms with Crippen LogP contribution in [0.25, 0.3) is 0 Å². The number of rotatable bonds is 12. The zero-order chi connectivity index (χ0) is 13.0. The molecule has 0 atom stereocenters. The summed E-state index contributed by atoms with van der Waals surface area (Å²) >= 11 is 0. The standard InChI is InChI=1S/C12H26O3/c1-14-12-15-11-9-7-5-3-2-4-6-8-10-13/h13H,2-12H2,1H3/i10D2. The molecule has 3 heteroatoms. The van der Waals surface area contributed by atoms with E-state index in [1.165, 1.54) is 19.3 Å². The van der Waals surface area contributed by atoms with Gasteiger partial charge in [0.1, 0.15) is 6.79 Å². The molecule has 0 radical (unpaired) electrons. The molecular formula is C12H26O3. The molecule has 92 valence electrons. The topological polar surface area (TPSA) is 38.7 Å². The molecule has 1 N–H and O–H groups in total. The Hall–Kier alpha value is -0.120. The number of unbranched alkanes of at least 4 members (excludes halogenated alkanes) is 6. The summed E-state index contributed by atoms with van der Waals surface area (Å²) in [7, 11) is 1.62. The fourth-order valence-electron chi connectivity index (χ4n) is 1.43. The van der Waals surface area contributed by atoms with Crippen LogP contribution in [0.1, 0.15) is 54.1 Å². The van der Waals surface area contributed by atoms with Crippen molar-refractivity contribution in [1.82, 2.24) is 0 Å². The lowest BCUT2D eigenvalue weighted by Gasteiger charge is -2.03. The van der Waals surface area contributed by atoms with Crippen LogP contribution in [-0.4, -0.2) is 32.2 Å². The predicted octanol–water partition coefficient (Wildman–Crippen LogP) is 2.72. The van der Waals surface area contributed by atoms with E-state index in [1.54, 1.807) is 7.11 Å². The van der Waals surface area contributed by atoms with E-state index in [0.717, 1.165) is 32.3 Å². The van der Waals surface area contributed by atoms with Gasteiger partial charge < -0.3 is 14.6 Å². The van der Waals surface area contributed by atoms with Crippen LogP contribution in [0.4, 0.5) is 0 Å². The smallest absolute Gasteiger partial charge is 0.146 e. The van der Waals surface area contributed by atoms with Crippen molar-refractivity contribution in [3.63, 3.8) is 0 Å². The zero-order valence-corrected chi connectivity index (χ0v) is 9.83. The maximum atomic E-state index is 8.87. The summed E-state index contributed by atoms with van der Waals surface area (Å²) in [5, 5.41) is 8.87. The average molecular weight is 220 g/mol. The largest absolute Gasteiger partial charge is 0.396 e. The van der Waals surface area contributed by atoms with Crippen LogP contribution in [0.3, 0.4) is 0 Å². The first kappa shape index (κ1) is 11.4. The third kappa shape index (κ3) is 13.9. The maximum Gasteiger partial charge on any atom is 0.146 e. The van der Waals surface area contributed by atoms with Crippen molar-refractivity contribution in [2.45, 2.75) is 51.4 Å². The van der Waals surface area contributed by atoms with Crippen LogP contribution in [0.5, 0.6) is 0 Å². The lowest BCUT2D eigenvalue weighted by Crippen LogP contribution is -1.98. The van der Waals surface area contributed by atoms with E-state index in [0.29, 0.717) is 6.79 Å². The average Bonchev–Trinajstić information content (AvgIpc) is 2.24. The molecule has 0 fully saturated rings. The number of hydrogen-bond donors (Lipinski definition) is 1. The summed E-state index contributed by atoms with van der Waals surface area (Å²) in [5.74, 6) is 0. The fourth-order valence-corrected chi connectivity index (χ4v) is 1.43. The fraction of sp³-hybridized carbons (Fsp3) is 1.00. The van der Waals surface area contributed by atoms with Crippen molar-refractivity contribution in [2.75, 3.05) is 27.1 Å². The highest BCUT2D eigenvalue weighted by Crippen LogP contribution is 2.08. The van der Waals surface area contributed by atoms with E-state index in [9.17, 15) is 0 Å². The normalized spacial score (nSPS) is 13.7. The van der Waals surface area contributed by atoms with E-state index in [4.69, 9.17) is 17.3 Å². The van der Waals surface area contributed by atoms with Gasteiger partial charge in [0.2, 0.25) is 0 Å². The summed E-state index contributed by atoms with van der Waals surface area (Å²) in [6.07, 6.45) is 7.75. The molecule has 0 aromatic rings. The summed E-state index contributed by atoms with van der Waals surface area (Å²) in [5.41, 5.74) is 0. The molecule has 15 heavy (non-hydrogen) atoms. The minimum Gasteiger partial charge on any atom is -0.396 e. The van der Waals surface area contributed by atoms with Crippen LogP contribution < -0.4 is 0 Å². The molecular weight excluding hydrogens is 192 g/mol. The highest BCUT2D eigenvalue weighted by Gasteiger charge is 1.92. The van der Waals surface area contributed by atoms with Gasteiger partial charge in [-0.1, -0.05) is 38.5 Å². The van der Waals surface area contributed by atoms with E-state index in [1.807, 2.05) is 0 Å². The van der Waals surface area contributed by atoms with Crippen molar-refractivity contribution in [1.29, 1.82) is 0 Å². The Morgan fingerprint density at radius 1 is 0.933 bits per heavy atom. The summed E-state index contributed by atoms with van der Waals surface area (Å²) in [6, 6.07) is 0. The van der Waals surface area contributed by atoms with Crippen molar-refractivity contribution in [3.8, 4) is 0 Å². The summed E-state index contributed by atoms with van der Waals surface area (Å²) in [4.78, 5) is 0. The zero-order valence-electron chi connectivity index (χ0n) is 11.8. The molecule has 0 rings (SSSR count). The van der Waals surface area contributed by atoms with Crippen molar-refractivity contribution < 1.29 is 17.3 Å². The van der Waals surface area contributed by atoms with Gasteiger partial charge in [-0.25, -0.2) is 0 Å². The Morgan fingerprint density at radius 2 is 1.47 bits per heavy atom. The monoisotopic (exact) mass is 220 g/mol. The molecule has 0 heterocycles. The second kappa shape index (κ2) is 13.9. The van der Waals surface area contributed by atoms with Gasteiger partial charge in [0.15, 0.2) is 0 Å². The van der Waals surface area contributed by atoms with Gasteiger partial charge in [-0.15, -0.1) is 0 Å². The molecule has 0 aromatic heterocycles. The van der Waals surface area contributed by atoms with Gasteiger partial charge in [-0.05, 0) is 12.8 Å². The van der Waals surface area contributed by atoms with Crippen LogP contribution in [-0.2, 0) is 9.47 Å². The Labute approximate surface area is 96.6 Å². The van der Waals surface area contributed by atoms with Gasteiger partial charge >= 0.3 is 0 Å². The maximum absolute atomic E-state index is 8.87. The highest BCUT2D eigenvalue weighted by molar-refractivity contribution is 4.46. The molecule has 0 saturated carbocycles. The Kier molecular flexibility index (Phi) is 10.5. The Balaban J connectivity index is 2.99. The third-order valence-corrected chi connectivity index (χ3v) is 2.28. The minimum atomic E-state index is -1.99. The summed E-state index contributed by atoms with van der Waals surface area (Å²) in [6.45, 7) is -0.847.